The van der Waals surface area contributed by atoms with Crippen molar-refractivity contribution in [3.8, 4) is 5.75 Å². The molecule has 0 fully saturated rings. The van der Waals surface area contributed by atoms with Crippen LogP contribution in [0.2, 0.25) is 0 Å². The molecule has 2 heterocycles. The van der Waals surface area contributed by atoms with E-state index >= 15 is 0 Å². The summed E-state index contributed by atoms with van der Waals surface area (Å²) in [7, 11) is 3.32. The summed E-state index contributed by atoms with van der Waals surface area (Å²) in [6.45, 7) is 6.70. The lowest BCUT2D eigenvalue weighted by Crippen LogP contribution is -2.27. The number of amides is 3. The van der Waals surface area contributed by atoms with E-state index in [-0.39, 0.29) is 18.4 Å². The van der Waals surface area contributed by atoms with Crippen LogP contribution in [0.5, 0.6) is 5.75 Å². The van der Waals surface area contributed by atoms with Crippen molar-refractivity contribution in [1.82, 2.24) is 14.3 Å². The van der Waals surface area contributed by atoms with Gasteiger partial charge >= 0.3 is 0 Å². The van der Waals surface area contributed by atoms with E-state index in [1.54, 1.807) is 66.0 Å². The number of pyridine rings is 1. The lowest BCUT2D eigenvalue weighted by Gasteiger charge is -2.19. The molecule has 0 bridgehead atoms. The predicted octanol–water partition coefficient (Wildman–Crippen LogP) is 3.62. The molecule has 2 aromatic heterocycles. The summed E-state index contributed by atoms with van der Waals surface area (Å²) in [5, 5.41) is 2.87. The maximum Gasteiger partial charge on any atom is 0.259 e. The van der Waals surface area contributed by atoms with Gasteiger partial charge in [0.25, 0.3) is 11.8 Å². The summed E-state index contributed by atoms with van der Waals surface area (Å²) in [5.74, 6) is 1.14. The Labute approximate surface area is 205 Å². The average Bonchev–Trinajstić information content (AvgIpc) is 3.20. The first-order chi connectivity index (χ1) is 16.7. The summed E-state index contributed by atoms with van der Waals surface area (Å²) in [5.41, 5.74) is 2.43. The van der Waals surface area contributed by atoms with E-state index in [4.69, 9.17) is 4.74 Å². The van der Waals surface area contributed by atoms with Gasteiger partial charge in [0.05, 0.1) is 11.3 Å². The van der Waals surface area contributed by atoms with Gasteiger partial charge in [-0.15, -0.1) is 0 Å². The fraction of sp³-hybridized carbons (Fsp3) is 0.385. The van der Waals surface area contributed by atoms with Crippen LogP contribution in [0.4, 0.5) is 11.5 Å². The highest BCUT2D eigenvalue weighted by Crippen LogP contribution is 2.25. The summed E-state index contributed by atoms with van der Waals surface area (Å²) in [6.07, 6.45) is 4.04. The first-order valence-corrected chi connectivity index (χ1v) is 11.7. The maximum atomic E-state index is 13.0. The Bertz CT molecular complexity index is 1200. The molecule has 0 aliphatic rings. The lowest BCUT2D eigenvalue weighted by molar-refractivity contribution is -0.130. The Balaban J connectivity index is 1.83. The van der Waals surface area contributed by atoms with Crippen molar-refractivity contribution >= 4 is 35.4 Å². The van der Waals surface area contributed by atoms with Gasteiger partial charge in [0, 0.05) is 38.6 Å². The van der Waals surface area contributed by atoms with Crippen LogP contribution in [0.25, 0.3) is 5.65 Å². The molecule has 0 radical (unpaired) electrons. The zero-order valence-electron chi connectivity index (χ0n) is 20.9. The normalized spacial score (nSPS) is 10.9. The fourth-order valence-electron chi connectivity index (χ4n) is 3.50. The summed E-state index contributed by atoms with van der Waals surface area (Å²) in [6, 6.07) is 10.4. The molecule has 3 amide bonds. The SMILES string of the molecule is CCc1nc2ccc(C(=O)Nc3cccc(OCC(=O)N(C)C)c3)cn2c1N(C=O)CCC(C)C. The number of hydrogen-bond donors (Lipinski definition) is 1. The average molecular weight is 480 g/mol. The van der Waals surface area contributed by atoms with E-state index in [0.717, 1.165) is 18.5 Å². The Morgan fingerprint density at radius 2 is 1.97 bits per heavy atom. The Kier molecular flexibility index (Phi) is 8.46. The summed E-state index contributed by atoms with van der Waals surface area (Å²) < 4.78 is 7.33. The number of likely N-dealkylation sites (N-methyl/N-ethyl adjacent to an activating group) is 1. The number of aromatic nitrogens is 2. The zero-order valence-corrected chi connectivity index (χ0v) is 20.9. The highest BCUT2D eigenvalue weighted by molar-refractivity contribution is 6.04. The molecule has 0 spiro atoms. The minimum atomic E-state index is -0.314. The van der Waals surface area contributed by atoms with Crippen molar-refractivity contribution in [3.05, 3.63) is 53.9 Å². The monoisotopic (exact) mass is 479 g/mol. The van der Waals surface area contributed by atoms with E-state index < -0.39 is 0 Å². The summed E-state index contributed by atoms with van der Waals surface area (Å²) >= 11 is 0. The third kappa shape index (κ3) is 6.38. The number of rotatable bonds is 11. The molecule has 0 atom stereocenters. The first kappa shape index (κ1) is 25.7. The molecule has 1 aromatic carbocycles. The molecule has 3 aromatic rings. The van der Waals surface area contributed by atoms with Crippen molar-refractivity contribution in [3.63, 3.8) is 0 Å². The standard InChI is InChI=1S/C26H33N5O4/c1-6-22-26(30(17-32)13-12-18(2)3)31-15-19(10-11-23(31)28-22)25(34)27-20-8-7-9-21(14-20)35-16-24(33)29(4)5/h7-11,14-15,17-18H,6,12-13,16H2,1-5H3,(H,27,34). The Morgan fingerprint density at radius 3 is 2.63 bits per heavy atom. The largest absolute Gasteiger partial charge is 0.484 e. The van der Waals surface area contributed by atoms with E-state index in [1.807, 2.05) is 6.92 Å². The zero-order chi connectivity index (χ0) is 25.5. The van der Waals surface area contributed by atoms with Crippen LogP contribution in [-0.2, 0) is 16.0 Å². The molecule has 0 aliphatic heterocycles. The molecule has 0 saturated carbocycles. The molecule has 0 aliphatic carbocycles. The topological polar surface area (TPSA) is 96.2 Å². The van der Waals surface area contributed by atoms with Crippen LogP contribution in [0.3, 0.4) is 0 Å². The second kappa shape index (κ2) is 11.5. The summed E-state index contributed by atoms with van der Waals surface area (Å²) in [4.78, 5) is 44.5. The van der Waals surface area contributed by atoms with Gasteiger partial charge in [0.15, 0.2) is 6.61 Å². The van der Waals surface area contributed by atoms with Crippen LogP contribution >= 0.6 is 0 Å². The van der Waals surface area contributed by atoms with Crippen molar-refractivity contribution in [2.75, 3.05) is 37.5 Å². The number of aryl methyl sites for hydroxylation is 1. The molecule has 186 valence electrons. The fourth-order valence-corrected chi connectivity index (χ4v) is 3.50. The van der Waals surface area contributed by atoms with Gasteiger partial charge in [0.2, 0.25) is 6.41 Å². The van der Waals surface area contributed by atoms with Gasteiger partial charge in [-0.2, -0.15) is 0 Å². The van der Waals surface area contributed by atoms with Gasteiger partial charge in [-0.05, 0) is 43.0 Å². The van der Waals surface area contributed by atoms with E-state index in [9.17, 15) is 14.4 Å². The van der Waals surface area contributed by atoms with Crippen LogP contribution in [0.1, 0.15) is 43.2 Å². The number of carbonyl (C=O) groups excluding carboxylic acids is 3. The highest BCUT2D eigenvalue weighted by Gasteiger charge is 2.19. The van der Waals surface area contributed by atoms with E-state index in [0.29, 0.717) is 47.3 Å². The van der Waals surface area contributed by atoms with Crippen LogP contribution in [0, 0.1) is 5.92 Å². The second-order valence-corrected chi connectivity index (χ2v) is 8.92. The number of benzene rings is 1. The van der Waals surface area contributed by atoms with Crippen LogP contribution in [-0.4, -0.2) is 59.8 Å². The minimum Gasteiger partial charge on any atom is -0.484 e. The number of imidazole rings is 1. The van der Waals surface area contributed by atoms with Crippen LogP contribution < -0.4 is 15.0 Å². The lowest BCUT2D eigenvalue weighted by atomic mass is 10.1. The minimum absolute atomic E-state index is 0.0890. The first-order valence-electron chi connectivity index (χ1n) is 11.7. The maximum absolute atomic E-state index is 13.0. The molecular weight excluding hydrogens is 446 g/mol. The van der Waals surface area contributed by atoms with Crippen molar-refractivity contribution in [2.45, 2.75) is 33.6 Å². The van der Waals surface area contributed by atoms with Crippen molar-refractivity contribution in [2.24, 2.45) is 5.92 Å². The van der Waals surface area contributed by atoms with Crippen molar-refractivity contribution < 1.29 is 19.1 Å². The smallest absolute Gasteiger partial charge is 0.259 e. The van der Waals surface area contributed by atoms with Gasteiger partial charge in [0.1, 0.15) is 17.2 Å². The quantitative estimate of drug-likeness (QED) is 0.424. The predicted molar refractivity (Wildman–Crippen MR) is 136 cm³/mol. The molecule has 9 nitrogen and oxygen atoms in total. The van der Waals surface area contributed by atoms with E-state index in [2.05, 4.69) is 24.1 Å². The number of anilines is 2. The number of nitrogens with zero attached hydrogens (tertiary/aromatic N) is 4. The molecule has 35 heavy (non-hydrogen) atoms. The number of carbonyl (C=O) groups is 3. The molecule has 0 unspecified atom stereocenters. The van der Waals surface area contributed by atoms with Gasteiger partial charge in [-0.25, -0.2) is 4.98 Å². The number of fused-ring (bicyclic) bond motifs is 1. The molecule has 1 N–H and O–H groups in total. The third-order valence-electron chi connectivity index (χ3n) is 5.56. The Hall–Kier alpha value is -3.88. The van der Waals surface area contributed by atoms with Crippen molar-refractivity contribution in [1.29, 1.82) is 0 Å². The number of nitrogens with one attached hydrogen (secondary N) is 1. The molecule has 3 rings (SSSR count). The van der Waals surface area contributed by atoms with Gasteiger partial charge < -0.3 is 15.0 Å². The highest BCUT2D eigenvalue weighted by atomic mass is 16.5. The third-order valence-corrected chi connectivity index (χ3v) is 5.56. The van der Waals surface area contributed by atoms with Gasteiger partial charge in [-0.1, -0.05) is 26.8 Å². The molecule has 0 saturated heterocycles. The second-order valence-electron chi connectivity index (χ2n) is 8.92. The molecule has 9 heteroatoms. The van der Waals surface area contributed by atoms with Crippen LogP contribution in [0.15, 0.2) is 42.6 Å². The number of ether oxygens (including phenoxy) is 1. The molecular formula is C26H33N5O4. The number of hydrogen-bond acceptors (Lipinski definition) is 5. The Morgan fingerprint density at radius 1 is 1.20 bits per heavy atom. The van der Waals surface area contributed by atoms with E-state index in [1.165, 1.54) is 4.90 Å². The van der Waals surface area contributed by atoms with Gasteiger partial charge in [-0.3, -0.25) is 23.7 Å².